The molecule has 0 aliphatic heterocycles. The molecule has 0 aromatic carbocycles. The maximum atomic E-state index is 5.76. The summed E-state index contributed by atoms with van der Waals surface area (Å²) in [6, 6.07) is 2.54. The SMILES string of the molecule is CNC(c1cncc(OC(C)C)c1)C1CCC(C)CC1. The molecule has 3 heteroatoms. The summed E-state index contributed by atoms with van der Waals surface area (Å²) in [6.07, 6.45) is 9.28. The number of rotatable bonds is 5. The lowest BCUT2D eigenvalue weighted by Crippen LogP contribution is -2.28. The molecule has 1 unspecified atom stereocenters. The van der Waals surface area contributed by atoms with Crippen molar-refractivity contribution in [3.63, 3.8) is 0 Å². The van der Waals surface area contributed by atoms with Gasteiger partial charge in [0, 0.05) is 12.2 Å². The molecular weight excluding hydrogens is 248 g/mol. The predicted octanol–water partition coefficient (Wildman–Crippen LogP) is 3.96. The lowest BCUT2D eigenvalue weighted by Gasteiger charge is -2.32. The molecule has 1 fully saturated rings. The highest BCUT2D eigenvalue weighted by Gasteiger charge is 2.26. The molecule has 3 nitrogen and oxygen atoms in total. The smallest absolute Gasteiger partial charge is 0.138 e. The lowest BCUT2D eigenvalue weighted by atomic mass is 9.77. The van der Waals surface area contributed by atoms with Crippen LogP contribution >= 0.6 is 0 Å². The molecule has 1 aliphatic carbocycles. The Bertz CT molecular complexity index is 411. The van der Waals surface area contributed by atoms with Crippen LogP contribution in [-0.2, 0) is 0 Å². The zero-order valence-electron chi connectivity index (χ0n) is 13.2. The van der Waals surface area contributed by atoms with E-state index in [-0.39, 0.29) is 6.10 Å². The zero-order valence-corrected chi connectivity index (χ0v) is 13.2. The van der Waals surface area contributed by atoms with Crippen LogP contribution in [0.3, 0.4) is 0 Å². The molecule has 1 N–H and O–H groups in total. The van der Waals surface area contributed by atoms with Crippen LogP contribution in [0.4, 0.5) is 0 Å². The van der Waals surface area contributed by atoms with Gasteiger partial charge in [0.25, 0.3) is 0 Å². The fraction of sp³-hybridized carbons (Fsp3) is 0.706. The highest BCUT2D eigenvalue weighted by molar-refractivity contribution is 5.26. The average Bonchev–Trinajstić information content (AvgIpc) is 2.41. The third-order valence-electron chi connectivity index (χ3n) is 4.31. The van der Waals surface area contributed by atoms with Gasteiger partial charge in [-0.3, -0.25) is 4.98 Å². The quantitative estimate of drug-likeness (QED) is 0.884. The summed E-state index contributed by atoms with van der Waals surface area (Å²) in [5, 5.41) is 3.49. The van der Waals surface area contributed by atoms with Gasteiger partial charge in [0.1, 0.15) is 5.75 Å². The van der Waals surface area contributed by atoms with Gasteiger partial charge in [-0.25, -0.2) is 0 Å². The second kappa shape index (κ2) is 7.07. The van der Waals surface area contributed by atoms with Crippen molar-refractivity contribution in [3.8, 4) is 5.75 Å². The molecule has 2 rings (SSSR count). The van der Waals surface area contributed by atoms with Crippen molar-refractivity contribution in [2.75, 3.05) is 7.05 Å². The Morgan fingerprint density at radius 3 is 2.50 bits per heavy atom. The highest BCUT2D eigenvalue weighted by Crippen LogP contribution is 2.37. The van der Waals surface area contributed by atoms with Crippen LogP contribution in [-0.4, -0.2) is 18.1 Å². The Labute approximate surface area is 123 Å². The summed E-state index contributed by atoms with van der Waals surface area (Å²) < 4.78 is 5.76. The number of ether oxygens (including phenoxy) is 1. The second-order valence-electron chi connectivity index (χ2n) is 6.41. The first-order valence-corrected chi connectivity index (χ1v) is 7.89. The molecule has 20 heavy (non-hydrogen) atoms. The second-order valence-corrected chi connectivity index (χ2v) is 6.41. The van der Waals surface area contributed by atoms with Crippen molar-refractivity contribution < 1.29 is 4.74 Å². The van der Waals surface area contributed by atoms with Gasteiger partial charge in [-0.15, -0.1) is 0 Å². The largest absolute Gasteiger partial charge is 0.489 e. The van der Waals surface area contributed by atoms with E-state index in [4.69, 9.17) is 4.74 Å². The van der Waals surface area contributed by atoms with Gasteiger partial charge in [0.15, 0.2) is 0 Å². The number of nitrogens with zero attached hydrogens (tertiary/aromatic N) is 1. The summed E-state index contributed by atoms with van der Waals surface area (Å²) in [4.78, 5) is 4.35. The van der Waals surface area contributed by atoms with Crippen molar-refractivity contribution in [1.82, 2.24) is 10.3 Å². The van der Waals surface area contributed by atoms with Crippen molar-refractivity contribution in [3.05, 3.63) is 24.0 Å². The summed E-state index contributed by atoms with van der Waals surface area (Å²) in [5.74, 6) is 2.48. The van der Waals surface area contributed by atoms with E-state index >= 15 is 0 Å². The molecule has 1 aromatic rings. The molecule has 0 spiro atoms. The van der Waals surface area contributed by atoms with Gasteiger partial charge in [0.05, 0.1) is 12.3 Å². The third-order valence-corrected chi connectivity index (χ3v) is 4.31. The van der Waals surface area contributed by atoms with Gasteiger partial charge in [0.2, 0.25) is 0 Å². The highest BCUT2D eigenvalue weighted by atomic mass is 16.5. The van der Waals surface area contributed by atoms with Crippen molar-refractivity contribution in [2.24, 2.45) is 11.8 Å². The predicted molar refractivity (Wildman–Crippen MR) is 82.9 cm³/mol. The first kappa shape index (κ1) is 15.3. The Morgan fingerprint density at radius 2 is 1.90 bits per heavy atom. The summed E-state index contributed by atoms with van der Waals surface area (Å²) in [5.41, 5.74) is 1.25. The van der Waals surface area contributed by atoms with Gasteiger partial charge in [-0.05, 0) is 57.2 Å². The van der Waals surface area contributed by atoms with Crippen LogP contribution in [0.5, 0.6) is 5.75 Å². The fourth-order valence-corrected chi connectivity index (χ4v) is 3.24. The average molecular weight is 276 g/mol. The molecule has 112 valence electrons. The molecule has 0 bridgehead atoms. The van der Waals surface area contributed by atoms with E-state index in [9.17, 15) is 0 Å². The molecule has 0 radical (unpaired) electrons. The van der Waals surface area contributed by atoms with Gasteiger partial charge >= 0.3 is 0 Å². The monoisotopic (exact) mass is 276 g/mol. The van der Waals surface area contributed by atoms with Gasteiger partial charge in [-0.2, -0.15) is 0 Å². The van der Waals surface area contributed by atoms with E-state index in [0.29, 0.717) is 12.0 Å². The van der Waals surface area contributed by atoms with E-state index in [1.807, 2.05) is 20.0 Å². The van der Waals surface area contributed by atoms with Crippen LogP contribution in [0.2, 0.25) is 0 Å². The van der Waals surface area contributed by atoms with Gasteiger partial charge in [-0.1, -0.05) is 19.8 Å². The molecule has 0 saturated heterocycles. The van der Waals surface area contributed by atoms with Gasteiger partial charge < -0.3 is 10.1 Å². The Hall–Kier alpha value is -1.09. The summed E-state index contributed by atoms with van der Waals surface area (Å²) >= 11 is 0. The topological polar surface area (TPSA) is 34.2 Å². The Balaban J connectivity index is 2.10. The normalized spacial score (nSPS) is 24.6. The van der Waals surface area contributed by atoms with Crippen LogP contribution in [0.15, 0.2) is 18.5 Å². The molecule has 1 heterocycles. The minimum Gasteiger partial charge on any atom is -0.489 e. The van der Waals surface area contributed by atoms with Crippen LogP contribution < -0.4 is 10.1 Å². The number of hydrogen-bond donors (Lipinski definition) is 1. The molecule has 1 saturated carbocycles. The summed E-state index contributed by atoms with van der Waals surface area (Å²) in [6.45, 7) is 6.46. The maximum Gasteiger partial charge on any atom is 0.138 e. The Morgan fingerprint density at radius 1 is 1.20 bits per heavy atom. The maximum absolute atomic E-state index is 5.76. The van der Waals surface area contributed by atoms with E-state index in [1.165, 1.54) is 31.2 Å². The third kappa shape index (κ3) is 3.95. The minimum atomic E-state index is 0.190. The molecule has 0 amide bonds. The van der Waals surface area contributed by atoms with Crippen molar-refractivity contribution in [2.45, 2.75) is 58.6 Å². The van der Waals surface area contributed by atoms with Crippen LogP contribution in [0.25, 0.3) is 0 Å². The number of hydrogen-bond acceptors (Lipinski definition) is 3. The molecule has 1 aliphatic rings. The van der Waals surface area contributed by atoms with E-state index in [0.717, 1.165) is 11.7 Å². The number of pyridine rings is 1. The molecule has 1 aromatic heterocycles. The standard InChI is InChI=1S/C17H28N2O/c1-12(2)20-16-9-15(10-19-11-16)17(18-4)14-7-5-13(3)6-8-14/h9-14,17-18H,5-8H2,1-4H3. The van der Waals surface area contributed by atoms with E-state index in [1.54, 1.807) is 6.20 Å². The fourth-order valence-electron chi connectivity index (χ4n) is 3.24. The molecule has 1 atom stereocenters. The molecular formula is C17H28N2O. The van der Waals surface area contributed by atoms with E-state index < -0.39 is 0 Å². The number of nitrogens with one attached hydrogen (secondary N) is 1. The number of aromatic nitrogens is 1. The van der Waals surface area contributed by atoms with Crippen LogP contribution in [0.1, 0.15) is 58.1 Å². The summed E-state index contributed by atoms with van der Waals surface area (Å²) in [7, 11) is 2.05. The van der Waals surface area contributed by atoms with Crippen molar-refractivity contribution >= 4 is 0 Å². The first-order valence-electron chi connectivity index (χ1n) is 7.89. The first-order chi connectivity index (χ1) is 9.60. The van der Waals surface area contributed by atoms with E-state index in [2.05, 4.69) is 30.3 Å². The minimum absolute atomic E-state index is 0.190. The van der Waals surface area contributed by atoms with Crippen molar-refractivity contribution in [1.29, 1.82) is 0 Å². The Kier molecular flexibility index (Phi) is 5.41. The van der Waals surface area contributed by atoms with Crippen LogP contribution in [0, 0.1) is 11.8 Å². The zero-order chi connectivity index (χ0) is 14.5. The lowest BCUT2D eigenvalue weighted by molar-refractivity contribution is 0.232.